The third-order valence-corrected chi connectivity index (χ3v) is 5.13. The molecule has 0 spiro atoms. The number of carbonyl (C=O) groups excluding carboxylic acids is 3. The van der Waals surface area contributed by atoms with Gasteiger partial charge < -0.3 is 9.64 Å². The van der Waals surface area contributed by atoms with Gasteiger partial charge in [0.2, 0.25) is 5.78 Å². The Morgan fingerprint density at radius 1 is 1.10 bits per heavy atom. The van der Waals surface area contributed by atoms with Crippen molar-refractivity contribution in [3.8, 4) is 6.07 Å². The van der Waals surface area contributed by atoms with Crippen LogP contribution in [0.25, 0.3) is 0 Å². The number of nitriles is 1. The number of anilines is 1. The Balaban J connectivity index is 2.13. The van der Waals surface area contributed by atoms with Gasteiger partial charge in [-0.1, -0.05) is 48.5 Å². The van der Waals surface area contributed by atoms with Crippen LogP contribution in [0.1, 0.15) is 37.3 Å². The summed E-state index contributed by atoms with van der Waals surface area (Å²) < 4.78 is 5.23. The summed E-state index contributed by atoms with van der Waals surface area (Å²) in [7, 11) is 0. The van der Waals surface area contributed by atoms with E-state index in [0.717, 1.165) is 5.56 Å². The third kappa shape index (κ3) is 3.64. The minimum atomic E-state index is -1.71. The molecule has 1 aliphatic rings. The minimum absolute atomic E-state index is 0.0557. The van der Waals surface area contributed by atoms with Crippen molar-refractivity contribution in [2.24, 2.45) is 0 Å². The first-order valence-corrected chi connectivity index (χ1v) is 9.60. The second-order valence-corrected chi connectivity index (χ2v) is 6.86. The van der Waals surface area contributed by atoms with Gasteiger partial charge in [-0.25, -0.2) is 0 Å². The van der Waals surface area contributed by atoms with Crippen molar-refractivity contribution in [2.45, 2.75) is 38.1 Å². The molecule has 29 heavy (non-hydrogen) atoms. The Hall–Kier alpha value is -3.46. The van der Waals surface area contributed by atoms with Gasteiger partial charge in [-0.3, -0.25) is 14.4 Å². The highest BCUT2D eigenvalue weighted by atomic mass is 16.5. The zero-order valence-electron chi connectivity index (χ0n) is 16.3. The van der Waals surface area contributed by atoms with E-state index in [9.17, 15) is 14.4 Å². The van der Waals surface area contributed by atoms with Crippen molar-refractivity contribution in [3.05, 3.63) is 65.7 Å². The van der Waals surface area contributed by atoms with E-state index < -0.39 is 23.1 Å². The smallest absolute Gasteiger partial charge is 0.324 e. The highest BCUT2D eigenvalue weighted by Crippen LogP contribution is 2.43. The van der Waals surface area contributed by atoms with Crippen LogP contribution in [0, 0.1) is 11.3 Å². The summed E-state index contributed by atoms with van der Waals surface area (Å²) in [6.07, 6.45) is 0.542. The molecule has 1 atom stereocenters. The van der Waals surface area contributed by atoms with Gasteiger partial charge in [-0.05, 0) is 31.4 Å². The van der Waals surface area contributed by atoms with E-state index in [1.165, 1.54) is 4.90 Å². The highest BCUT2D eigenvalue weighted by molar-refractivity contribution is 6.49. The largest absolute Gasteiger partial charge is 0.465 e. The molecule has 3 rings (SSSR count). The van der Waals surface area contributed by atoms with Crippen LogP contribution in [-0.2, 0) is 31.1 Å². The van der Waals surface area contributed by atoms with E-state index in [-0.39, 0.29) is 26.0 Å². The Labute approximate surface area is 169 Å². The Bertz CT molecular complexity index is 964. The molecule has 0 aromatic heterocycles. The summed E-state index contributed by atoms with van der Waals surface area (Å²) in [5.74, 6) is -2.27. The maximum atomic E-state index is 13.3. The van der Waals surface area contributed by atoms with Crippen molar-refractivity contribution in [1.29, 1.82) is 5.26 Å². The molecule has 0 saturated carbocycles. The predicted octanol–water partition coefficient (Wildman–Crippen LogP) is 3.30. The van der Waals surface area contributed by atoms with E-state index in [2.05, 4.69) is 0 Å². The van der Waals surface area contributed by atoms with E-state index in [1.54, 1.807) is 31.2 Å². The van der Waals surface area contributed by atoms with Gasteiger partial charge in [0.05, 0.1) is 19.2 Å². The van der Waals surface area contributed by atoms with Crippen molar-refractivity contribution >= 4 is 23.3 Å². The summed E-state index contributed by atoms with van der Waals surface area (Å²) in [6, 6.07) is 18.3. The van der Waals surface area contributed by atoms with Gasteiger partial charge in [-0.2, -0.15) is 5.26 Å². The number of Topliss-reactive ketones (excluding diaryl/α,β-unsaturated/α-hetero) is 1. The van der Waals surface area contributed by atoms with Crippen LogP contribution in [0.15, 0.2) is 54.6 Å². The zero-order valence-corrected chi connectivity index (χ0v) is 16.3. The summed E-state index contributed by atoms with van der Waals surface area (Å²) >= 11 is 0. The number of nitrogens with zero attached hydrogens (tertiary/aromatic N) is 2. The molecule has 6 nitrogen and oxygen atoms in total. The summed E-state index contributed by atoms with van der Waals surface area (Å²) in [4.78, 5) is 40.9. The highest BCUT2D eigenvalue weighted by Gasteiger charge is 2.56. The second-order valence-electron chi connectivity index (χ2n) is 6.86. The number of hydrogen-bond donors (Lipinski definition) is 0. The molecule has 0 N–H and O–H groups in total. The number of fused-ring (bicyclic) bond motifs is 1. The molecule has 0 unspecified atom stereocenters. The number of para-hydroxylation sites is 1. The average Bonchev–Trinajstić information content (AvgIpc) is 2.75. The second kappa shape index (κ2) is 8.70. The van der Waals surface area contributed by atoms with E-state index >= 15 is 0 Å². The molecule has 0 radical (unpaired) electrons. The normalized spacial score (nSPS) is 18.1. The Kier molecular flexibility index (Phi) is 6.08. The first-order valence-electron chi connectivity index (χ1n) is 9.60. The fourth-order valence-corrected chi connectivity index (χ4v) is 3.77. The first-order chi connectivity index (χ1) is 14.1. The van der Waals surface area contributed by atoms with Gasteiger partial charge >= 0.3 is 5.97 Å². The quantitative estimate of drug-likeness (QED) is 0.313. The molecule has 1 heterocycles. The number of ether oxygens (including phenoxy) is 1. The fourth-order valence-electron chi connectivity index (χ4n) is 3.77. The van der Waals surface area contributed by atoms with Crippen LogP contribution in [0.3, 0.4) is 0 Å². The molecular formula is C23H22N2O4. The maximum absolute atomic E-state index is 13.3. The van der Waals surface area contributed by atoms with Crippen molar-refractivity contribution < 1.29 is 19.1 Å². The Morgan fingerprint density at radius 3 is 2.48 bits per heavy atom. The van der Waals surface area contributed by atoms with Crippen molar-refractivity contribution in [3.63, 3.8) is 0 Å². The number of benzene rings is 2. The lowest BCUT2D eigenvalue weighted by atomic mass is 9.69. The number of rotatable bonds is 7. The molecule has 148 valence electrons. The lowest BCUT2D eigenvalue weighted by Crippen LogP contribution is -2.57. The molecule has 2 aromatic carbocycles. The third-order valence-electron chi connectivity index (χ3n) is 5.13. The molecule has 0 aliphatic carbocycles. The molecule has 0 bridgehead atoms. The lowest BCUT2D eigenvalue weighted by molar-refractivity contribution is -0.158. The van der Waals surface area contributed by atoms with Crippen molar-refractivity contribution in [1.82, 2.24) is 0 Å². The van der Waals surface area contributed by atoms with Gasteiger partial charge in [0.15, 0.2) is 5.41 Å². The van der Waals surface area contributed by atoms with Crippen LogP contribution in [0.2, 0.25) is 0 Å². The molecule has 6 heteroatoms. The summed E-state index contributed by atoms with van der Waals surface area (Å²) in [5.41, 5.74) is 0.132. The number of carbonyl (C=O) groups is 3. The predicted molar refractivity (Wildman–Crippen MR) is 107 cm³/mol. The fraction of sp³-hybridized carbons (Fsp3) is 0.304. The molecular weight excluding hydrogens is 368 g/mol. The first kappa shape index (κ1) is 20.3. The standard InChI is InChI=1S/C23H22N2O4/c1-2-29-22(28)23(14-8-9-15-24)18-12-6-7-13-19(18)25(21(27)20(23)26)16-17-10-4-3-5-11-17/h3-7,10-13H,2,8-9,14,16H2,1H3/t23-/m0/s1. The van der Waals surface area contributed by atoms with Gasteiger partial charge in [0, 0.05) is 17.7 Å². The SMILES string of the molecule is CCOC(=O)[C@]1(CCCC#N)C(=O)C(=O)N(Cc2ccccc2)c2ccccc21. The number of amides is 1. The minimum Gasteiger partial charge on any atom is -0.465 e. The monoisotopic (exact) mass is 390 g/mol. The topological polar surface area (TPSA) is 87.5 Å². The Morgan fingerprint density at radius 2 is 1.79 bits per heavy atom. The zero-order chi connectivity index (χ0) is 20.9. The summed E-state index contributed by atoms with van der Waals surface area (Å²) in [6.45, 7) is 1.97. The molecule has 0 fully saturated rings. The molecule has 1 aliphatic heterocycles. The van der Waals surface area contributed by atoms with E-state index in [1.807, 2.05) is 36.4 Å². The van der Waals surface area contributed by atoms with Gasteiger partial charge in [0.1, 0.15) is 0 Å². The van der Waals surface area contributed by atoms with Gasteiger partial charge in [-0.15, -0.1) is 0 Å². The molecule has 0 saturated heterocycles. The van der Waals surface area contributed by atoms with Crippen LogP contribution in [0.5, 0.6) is 0 Å². The van der Waals surface area contributed by atoms with Crippen LogP contribution in [-0.4, -0.2) is 24.3 Å². The number of unbranched alkanes of at least 4 members (excludes halogenated alkanes) is 1. The lowest BCUT2D eigenvalue weighted by Gasteiger charge is -2.39. The van der Waals surface area contributed by atoms with E-state index in [4.69, 9.17) is 10.00 Å². The maximum Gasteiger partial charge on any atom is 0.324 e. The number of ketones is 1. The van der Waals surface area contributed by atoms with Crippen molar-refractivity contribution in [2.75, 3.05) is 11.5 Å². The summed E-state index contributed by atoms with van der Waals surface area (Å²) in [5, 5.41) is 8.91. The average molecular weight is 390 g/mol. The van der Waals surface area contributed by atoms with E-state index in [0.29, 0.717) is 17.7 Å². The number of esters is 1. The molecule has 2 aromatic rings. The number of hydrogen-bond acceptors (Lipinski definition) is 5. The van der Waals surface area contributed by atoms with Crippen LogP contribution >= 0.6 is 0 Å². The van der Waals surface area contributed by atoms with Crippen LogP contribution in [0.4, 0.5) is 5.69 Å². The van der Waals surface area contributed by atoms with Crippen LogP contribution < -0.4 is 4.90 Å². The van der Waals surface area contributed by atoms with Gasteiger partial charge in [0.25, 0.3) is 5.91 Å². The molecule has 1 amide bonds.